The summed E-state index contributed by atoms with van der Waals surface area (Å²) in [4.78, 5) is 68.1. The zero-order valence-electron chi connectivity index (χ0n) is 42.2. The highest BCUT2D eigenvalue weighted by molar-refractivity contribution is 5.72. The highest BCUT2D eigenvalue weighted by atomic mass is 16.7. The van der Waals surface area contributed by atoms with Crippen LogP contribution >= 0.6 is 0 Å². The van der Waals surface area contributed by atoms with Crippen molar-refractivity contribution in [2.75, 3.05) is 65.9 Å². The Bertz CT molecular complexity index is 1540. The Balaban J connectivity index is 2.39. The summed E-state index contributed by atoms with van der Waals surface area (Å²) in [6, 6.07) is 0. The van der Waals surface area contributed by atoms with Crippen LogP contribution in [0.2, 0.25) is 0 Å². The maximum atomic E-state index is 12.6. The largest absolute Gasteiger partial charge is 0.508 e. The van der Waals surface area contributed by atoms with Crippen molar-refractivity contribution in [2.24, 2.45) is 11.8 Å². The maximum Gasteiger partial charge on any atom is 0.508 e. The maximum absolute atomic E-state index is 12.6. The number of aromatic nitrogens is 2. The highest BCUT2D eigenvalue weighted by Gasteiger charge is 2.17. The fraction of sp³-hybridized carbons (Fsp3) is 0.698. The minimum absolute atomic E-state index is 0.0419. The molecule has 0 aliphatic carbocycles. The Hall–Kier alpha value is -4.92. The van der Waals surface area contributed by atoms with E-state index in [2.05, 4.69) is 81.3 Å². The normalized spacial score (nSPS) is 12.5. The molecule has 2 atom stereocenters. The summed E-state index contributed by atoms with van der Waals surface area (Å²) in [6.45, 7) is 10.3. The van der Waals surface area contributed by atoms with Crippen LogP contribution in [0.4, 0.5) is 9.59 Å². The molecule has 1 heterocycles. The van der Waals surface area contributed by atoms with Crippen molar-refractivity contribution in [3.63, 3.8) is 0 Å². The third-order valence-corrected chi connectivity index (χ3v) is 10.8. The van der Waals surface area contributed by atoms with Gasteiger partial charge in [-0.15, -0.1) is 0 Å². The van der Waals surface area contributed by atoms with Crippen molar-refractivity contribution in [1.82, 2.24) is 14.5 Å². The molecule has 0 aliphatic heterocycles. The monoisotopic (exact) mass is 958 g/mol. The van der Waals surface area contributed by atoms with Gasteiger partial charge >= 0.3 is 30.2 Å². The summed E-state index contributed by atoms with van der Waals surface area (Å²) in [7, 11) is 0. The van der Waals surface area contributed by atoms with Crippen molar-refractivity contribution in [3.05, 3.63) is 67.3 Å². The second kappa shape index (κ2) is 44.6. The predicted octanol–water partition coefficient (Wildman–Crippen LogP) is 11.5. The summed E-state index contributed by atoms with van der Waals surface area (Å²) in [5, 5.41) is 0. The average Bonchev–Trinajstić information content (AvgIpc) is 3.86. The van der Waals surface area contributed by atoms with Gasteiger partial charge in [0.1, 0.15) is 33.0 Å². The van der Waals surface area contributed by atoms with E-state index in [-0.39, 0.29) is 77.3 Å². The lowest BCUT2D eigenvalue weighted by molar-refractivity contribution is -0.150. The lowest BCUT2D eigenvalue weighted by atomic mass is 9.96. The van der Waals surface area contributed by atoms with Crippen molar-refractivity contribution in [2.45, 2.75) is 163 Å². The third kappa shape index (κ3) is 38.1. The van der Waals surface area contributed by atoms with Crippen LogP contribution in [0.25, 0.3) is 0 Å². The molecule has 0 spiro atoms. The Labute approximate surface area is 408 Å². The Morgan fingerprint density at radius 1 is 0.485 bits per heavy atom. The van der Waals surface area contributed by atoms with Crippen LogP contribution in [-0.4, -0.2) is 111 Å². The van der Waals surface area contributed by atoms with Crippen molar-refractivity contribution in [1.29, 1.82) is 0 Å². The molecule has 0 amide bonds. The molecular formula is C53H87N3O12. The van der Waals surface area contributed by atoms with Gasteiger partial charge in [-0.25, -0.2) is 14.6 Å². The fourth-order valence-electron chi connectivity index (χ4n) is 7.03. The number of imidazole rings is 1. The second-order valence-electron chi connectivity index (χ2n) is 16.7. The van der Waals surface area contributed by atoms with Crippen molar-refractivity contribution < 1.29 is 57.1 Å². The number of esters is 3. The molecule has 2 unspecified atom stereocenters. The molecule has 0 saturated heterocycles. The van der Waals surface area contributed by atoms with E-state index in [1.165, 1.54) is 0 Å². The summed E-state index contributed by atoms with van der Waals surface area (Å²) in [5.41, 5.74) is 0. The first-order valence-corrected chi connectivity index (χ1v) is 25.5. The molecule has 0 radical (unpaired) electrons. The van der Waals surface area contributed by atoms with Crippen molar-refractivity contribution in [3.8, 4) is 0 Å². The number of aryl methyl sites for hydroxylation is 1. The zero-order valence-corrected chi connectivity index (χ0v) is 42.2. The molecule has 0 fully saturated rings. The van der Waals surface area contributed by atoms with E-state index in [0.29, 0.717) is 26.2 Å². The highest BCUT2D eigenvalue weighted by Crippen LogP contribution is 2.19. The van der Waals surface area contributed by atoms with Gasteiger partial charge in [0.25, 0.3) is 0 Å². The van der Waals surface area contributed by atoms with Crippen LogP contribution in [0.1, 0.15) is 156 Å². The van der Waals surface area contributed by atoms with Crippen LogP contribution in [0.3, 0.4) is 0 Å². The zero-order chi connectivity index (χ0) is 49.6. The van der Waals surface area contributed by atoms with E-state index >= 15 is 0 Å². The van der Waals surface area contributed by atoms with E-state index in [1.54, 1.807) is 12.5 Å². The third-order valence-electron chi connectivity index (χ3n) is 10.8. The molecule has 15 heteroatoms. The molecule has 1 aromatic heterocycles. The van der Waals surface area contributed by atoms with Crippen LogP contribution in [0, 0.1) is 11.8 Å². The molecule has 68 heavy (non-hydrogen) atoms. The van der Waals surface area contributed by atoms with E-state index in [9.17, 15) is 24.0 Å². The number of ether oxygens (including phenoxy) is 7. The molecule has 0 saturated carbocycles. The molecule has 386 valence electrons. The van der Waals surface area contributed by atoms with E-state index in [0.717, 1.165) is 109 Å². The van der Waals surface area contributed by atoms with Gasteiger partial charge in [-0.2, -0.15) is 0 Å². The second-order valence-corrected chi connectivity index (χ2v) is 16.7. The number of hydrogen-bond acceptors (Lipinski definition) is 14. The van der Waals surface area contributed by atoms with Gasteiger partial charge in [0.2, 0.25) is 0 Å². The molecule has 15 nitrogen and oxygen atoms in total. The Kier molecular flexibility index (Phi) is 40.1. The van der Waals surface area contributed by atoms with Gasteiger partial charge in [-0.05, 0) is 115 Å². The van der Waals surface area contributed by atoms with Gasteiger partial charge < -0.3 is 42.6 Å². The molecule has 0 N–H and O–H groups in total. The standard InChI is InChI=1S/C53H87N3O12/c1-5-9-13-17-19-23-28-47(26-21-15-11-7-3)44-67-52(60)65-42-40-63-50(58)31-37-55(34-25-35-56-38-33-54-46-56)36-30-49(57)62-39-32-51(59)64-41-43-66-53(61)68-45-48(27-22-16-12-8-4)29-24-20-18-14-10-6-2/h9-16,33,38,46-48H,5-8,17-32,34-37,39-45H2,1-4H3/b13-9-,14-10-,15-11-,16-12-. The van der Waals surface area contributed by atoms with E-state index < -0.39 is 30.2 Å². The van der Waals surface area contributed by atoms with Crippen LogP contribution in [0.5, 0.6) is 0 Å². The van der Waals surface area contributed by atoms with Gasteiger partial charge in [-0.1, -0.05) is 89.1 Å². The minimum Gasteiger partial charge on any atom is -0.465 e. The topological polar surface area (TPSA) is 171 Å². The van der Waals surface area contributed by atoms with Gasteiger partial charge in [-0.3, -0.25) is 14.4 Å². The molecule has 0 aromatic carbocycles. The predicted molar refractivity (Wildman–Crippen MR) is 265 cm³/mol. The molecular weight excluding hydrogens is 871 g/mol. The van der Waals surface area contributed by atoms with Crippen LogP contribution < -0.4 is 0 Å². The van der Waals surface area contributed by atoms with Gasteiger partial charge in [0.05, 0.1) is 38.8 Å². The molecule has 1 rings (SSSR count). The number of hydrogen-bond donors (Lipinski definition) is 0. The average molecular weight is 958 g/mol. The number of unbranched alkanes of at least 4 members (excludes halogenated alkanes) is 4. The van der Waals surface area contributed by atoms with E-state index in [4.69, 9.17) is 33.2 Å². The summed E-state index contributed by atoms with van der Waals surface area (Å²) >= 11 is 0. The first kappa shape index (κ1) is 61.1. The number of carbonyl (C=O) groups excluding carboxylic acids is 5. The number of allylic oxidation sites excluding steroid dienone is 8. The Morgan fingerprint density at radius 3 is 1.38 bits per heavy atom. The SMILES string of the molecule is CC/C=C\CCCCC(CC/C=C\CC)COC(=O)OCCOC(=O)CCOC(=O)CCN(CCCn1ccnc1)CCC(=O)OCCOC(=O)OCC(CC/C=C\CC)CCCC/C=C\CC. The molecule has 0 bridgehead atoms. The number of nitrogens with zero attached hydrogens (tertiary/aromatic N) is 3. The minimum atomic E-state index is -0.797. The summed E-state index contributed by atoms with van der Waals surface area (Å²) < 4.78 is 38.8. The van der Waals surface area contributed by atoms with E-state index in [1.807, 2.05) is 15.7 Å². The van der Waals surface area contributed by atoms with Crippen molar-refractivity contribution >= 4 is 30.2 Å². The molecule has 1 aromatic rings. The fourth-order valence-corrected chi connectivity index (χ4v) is 7.03. The first-order chi connectivity index (χ1) is 33.2. The summed E-state index contributed by atoms with van der Waals surface area (Å²) in [6.07, 6.45) is 38.0. The smallest absolute Gasteiger partial charge is 0.465 e. The van der Waals surface area contributed by atoms with Gasteiger partial charge in [0, 0.05) is 32.0 Å². The lowest BCUT2D eigenvalue weighted by Crippen LogP contribution is -2.31. The first-order valence-electron chi connectivity index (χ1n) is 25.5. The van der Waals surface area contributed by atoms with Crippen LogP contribution in [0.15, 0.2) is 67.3 Å². The Morgan fingerprint density at radius 2 is 0.926 bits per heavy atom. The quantitative estimate of drug-likeness (QED) is 0.0262. The molecule has 0 aliphatic rings. The summed E-state index contributed by atoms with van der Waals surface area (Å²) in [5.74, 6) is -1.07. The van der Waals surface area contributed by atoms with Gasteiger partial charge in [0.15, 0.2) is 0 Å². The lowest BCUT2D eigenvalue weighted by Gasteiger charge is -2.21. The number of rotatable bonds is 43. The number of carbonyl (C=O) groups is 5. The van der Waals surface area contributed by atoms with Crippen LogP contribution in [-0.2, 0) is 54.1 Å².